The van der Waals surface area contributed by atoms with Crippen molar-refractivity contribution in [2.75, 3.05) is 14.2 Å². The highest BCUT2D eigenvalue weighted by Gasteiger charge is 2.65. The summed E-state index contributed by atoms with van der Waals surface area (Å²) in [5.74, 6) is 0.555. The third kappa shape index (κ3) is 4.19. The molecule has 3 rings (SSSR count). The lowest BCUT2D eigenvalue weighted by atomic mass is 9.81. The van der Waals surface area contributed by atoms with E-state index < -0.39 is 48.0 Å². The Bertz CT molecular complexity index is 748. The minimum absolute atomic E-state index is 0.121. The highest BCUT2D eigenvalue weighted by atomic mass is 32.2. The Morgan fingerprint density at radius 1 is 1.21 bits per heavy atom. The zero-order valence-electron chi connectivity index (χ0n) is 15.8. The van der Waals surface area contributed by atoms with Crippen molar-refractivity contribution in [2.45, 2.75) is 54.4 Å². The van der Waals surface area contributed by atoms with Gasteiger partial charge in [-0.2, -0.15) is 13.2 Å². The summed E-state index contributed by atoms with van der Waals surface area (Å²) in [7, 11) is 2.95. The molecule has 7 nitrogen and oxygen atoms in total. The van der Waals surface area contributed by atoms with Gasteiger partial charge in [-0.15, -0.1) is 0 Å². The fourth-order valence-electron chi connectivity index (χ4n) is 3.49. The summed E-state index contributed by atoms with van der Waals surface area (Å²) in [5.41, 5.74) is -3.73. The van der Waals surface area contributed by atoms with E-state index in [0.29, 0.717) is 16.5 Å². The number of thioether (sulfide) groups is 1. The number of amidine groups is 1. The second-order valence-corrected chi connectivity index (χ2v) is 8.08. The number of rotatable bonds is 5. The topological polar surface area (TPSA) is 104 Å². The molecule has 0 radical (unpaired) electrons. The summed E-state index contributed by atoms with van der Waals surface area (Å²) in [6.07, 6.45) is -11.5. The fourth-order valence-corrected chi connectivity index (χ4v) is 4.57. The second-order valence-electron chi connectivity index (χ2n) is 6.99. The molecule has 2 saturated heterocycles. The predicted octanol–water partition coefficient (Wildman–Crippen LogP) is 1.06. The number of benzene rings is 1. The first kappa shape index (κ1) is 22.2. The monoisotopic (exact) mass is 436 g/mol. The van der Waals surface area contributed by atoms with E-state index in [1.54, 1.807) is 24.3 Å². The number of aryl methyl sites for hydroxylation is 1. The van der Waals surface area contributed by atoms with Gasteiger partial charge in [-0.1, -0.05) is 23.9 Å². The number of aliphatic imine (C=N–C) groups is 1. The number of hydrogen-bond acceptors (Lipinski definition) is 7. The van der Waals surface area contributed by atoms with E-state index in [4.69, 9.17) is 9.47 Å². The van der Waals surface area contributed by atoms with E-state index >= 15 is 0 Å². The zero-order chi connectivity index (χ0) is 21.4. The molecule has 2 heterocycles. The van der Waals surface area contributed by atoms with Gasteiger partial charge in [0.25, 0.3) is 0 Å². The van der Waals surface area contributed by atoms with Crippen LogP contribution in [0.15, 0.2) is 29.3 Å². The van der Waals surface area contributed by atoms with Crippen LogP contribution in [-0.4, -0.2) is 76.2 Å². The third-order valence-corrected chi connectivity index (χ3v) is 6.40. The Labute approximate surface area is 169 Å². The van der Waals surface area contributed by atoms with Gasteiger partial charge in [0.05, 0.1) is 13.2 Å². The van der Waals surface area contributed by atoms with E-state index in [1.165, 1.54) is 14.2 Å². The molecule has 0 aliphatic carbocycles. The highest BCUT2D eigenvalue weighted by Crippen LogP contribution is 2.44. The molecule has 0 bridgehead atoms. The number of alkyl halides is 3. The Morgan fingerprint density at radius 2 is 1.86 bits per heavy atom. The smallest absolute Gasteiger partial charge is 0.419 e. The maximum absolute atomic E-state index is 13.9. The maximum atomic E-state index is 13.9. The summed E-state index contributed by atoms with van der Waals surface area (Å²) in [5, 5.41) is 34.6. The van der Waals surface area contributed by atoms with Crippen LogP contribution in [-0.2, 0) is 11.2 Å². The van der Waals surface area contributed by atoms with E-state index in [-0.39, 0.29) is 6.42 Å². The van der Waals surface area contributed by atoms with Crippen molar-refractivity contribution in [1.29, 1.82) is 0 Å². The van der Waals surface area contributed by atoms with Crippen molar-refractivity contribution in [2.24, 2.45) is 4.99 Å². The molecule has 6 atom stereocenters. The molecular weight excluding hydrogens is 413 g/mol. The van der Waals surface area contributed by atoms with E-state index in [0.717, 1.165) is 11.8 Å². The number of fused-ring (bicyclic) bond motifs is 1. The molecule has 0 spiro atoms. The molecule has 2 unspecified atom stereocenters. The molecule has 1 aromatic rings. The quantitative estimate of drug-likeness (QED) is 0.547. The molecule has 11 heteroatoms. The van der Waals surface area contributed by atoms with Crippen molar-refractivity contribution in [3.8, 4) is 5.75 Å². The molecular formula is C18H23F3N2O5S. The van der Waals surface area contributed by atoms with Gasteiger partial charge in [-0.05, 0) is 30.5 Å². The van der Waals surface area contributed by atoms with Crippen LogP contribution < -0.4 is 10.1 Å². The van der Waals surface area contributed by atoms with Gasteiger partial charge in [0, 0.05) is 7.05 Å². The number of nitrogens with one attached hydrogen (secondary N) is 1. The average molecular weight is 436 g/mol. The number of nitrogens with zero attached hydrogens (tertiary/aromatic N) is 1. The van der Waals surface area contributed by atoms with Crippen molar-refractivity contribution in [3.63, 3.8) is 0 Å². The lowest BCUT2D eigenvalue weighted by Crippen LogP contribution is -2.68. The van der Waals surface area contributed by atoms with E-state index in [1.807, 2.05) is 0 Å². The first-order chi connectivity index (χ1) is 13.6. The second kappa shape index (κ2) is 8.31. The number of methoxy groups -OCH3 is 1. The number of aliphatic hydroxyl groups excluding tert-OH is 2. The summed E-state index contributed by atoms with van der Waals surface area (Å²) >= 11 is 1.00. The Balaban J connectivity index is 1.83. The third-order valence-electron chi connectivity index (χ3n) is 5.24. The van der Waals surface area contributed by atoms with Crippen LogP contribution in [0.2, 0.25) is 0 Å². The number of ether oxygens (including phenoxy) is 2. The fraction of sp³-hybridized carbons (Fsp3) is 0.611. The first-order valence-corrected chi connectivity index (χ1v) is 9.82. The van der Waals surface area contributed by atoms with Crippen LogP contribution in [0.1, 0.15) is 12.0 Å². The van der Waals surface area contributed by atoms with E-state index in [9.17, 15) is 28.5 Å². The van der Waals surface area contributed by atoms with Crippen LogP contribution in [0.5, 0.6) is 5.75 Å². The van der Waals surface area contributed by atoms with Crippen molar-refractivity contribution in [3.05, 3.63) is 29.8 Å². The van der Waals surface area contributed by atoms with Gasteiger partial charge in [-0.25, -0.2) is 0 Å². The van der Waals surface area contributed by atoms with Crippen LogP contribution in [0.25, 0.3) is 0 Å². The molecule has 0 aromatic heterocycles. The standard InChI is InChI=1S/C18H23F3N2O5S/c1-22-16-23-11-12(24)13(25)14(28-15(11)29-16)17(26,18(19,20)21)8-7-9-3-5-10(27-2)6-4-9/h3-6,11-15,24-26H,7-8H2,1-2H3,(H,22,23)/t11-,12-,13+,14?,15-,17?/m1/s1. The maximum Gasteiger partial charge on any atom is 0.419 e. The van der Waals surface area contributed by atoms with Gasteiger partial charge in [0.1, 0.15) is 29.5 Å². The number of halogens is 3. The molecule has 29 heavy (non-hydrogen) atoms. The molecule has 2 fully saturated rings. The summed E-state index contributed by atoms with van der Waals surface area (Å²) < 4.78 is 52.2. The van der Waals surface area contributed by atoms with Gasteiger partial charge in [-0.3, -0.25) is 4.99 Å². The Kier molecular flexibility index (Phi) is 6.35. The zero-order valence-corrected chi connectivity index (χ0v) is 16.6. The van der Waals surface area contributed by atoms with Crippen LogP contribution in [0, 0.1) is 0 Å². The molecule has 0 saturated carbocycles. The molecule has 162 valence electrons. The minimum Gasteiger partial charge on any atom is -0.497 e. The number of hydrogen-bond donors (Lipinski definition) is 4. The van der Waals surface area contributed by atoms with Gasteiger partial charge < -0.3 is 30.1 Å². The van der Waals surface area contributed by atoms with Crippen molar-refractivity contribution >= 4 is 16.9 Å². The normalized spacial score (nSPS) is 33.1. The summed E-state index contributed by atoms with van der Waals surface area (Å²) in [4.78, 5) is 3.90. The van der Waals surface area contributed by atoms with Gasteiger partial charge >= 0.3 is 6.18 Å². The lowest BCUT2D eigenvalue weighted by Gasteiger charge is -2.46. The van der Waals surface area contributed by atoms with Gasteiger partial charge in [0.15, 0.2) is 10.8 Å². The van der Waals surface area contributed by atoms with Crippen LogP contribution in [0.4, 0.5) is 13.2 Å². The van der Waals surface area contributed by atoms with E-state index in [2.05, 4.69) is 10.3 Å². The minimum atomic E-state index is -5.09. The van der Waals surface area contributed by atoms with Crippen LogP contribution >= 0.6 is 11.8 Å². The lowest BCUT2D eigenvalue weighted by molar-refractivity contribution is -0.326. The van der Waals surface area contributed by atoms with Crippen LogP contribution in [0.3, 0.4) is 0 Å². The van der Waals surface area contributed by atoms with Crippen molar-refractivity contribution < 1.29 is 38.0 Å². The Morgan fingerprint density at radius 3 is 2.41 bits per heavy atom. The predicted molar refractivity (Wildman–Crippen MR) is 101 cm³/mol. The highest BCUT2D eigenvalue weighted by molar-refractivity contribution is 8.14. The first-order valence-electron chi connectivity index (χ1n) is 8.94. The van der Waals surface area contributed by atoms with Gasteiger partial charge in [0.2, 0.25) is 0 Å². The Hall–Kier alpha value is -1.53. The SMILES string of the molecule is CN=C1N[C@@H]2[C@@H](O)[C@H](O)C(C(O)(CCc3ccc(OC)cc3)C(F)(F)F)O[C@@H]2S1. The average Bonchev–Trinajstić information content (AvgIpc) is 3.12. The summed E-state index contributed by atoms with van der Waals surface area (Å²) in [6, 6.07) is 5.58. The molecule has 4 N–H and O–H groups in total. The molecule has 2 aliphatic rings. The summed E-state index contributed by atoms with van der Waals surface area (Å²) in [6.45, 7) is 0. The molecule has 1 aromatic carbocycles. The van der Waals surface area contributed by atoms with Crippen molar-refractivity contribution in [1.82, 2.24) is 5.32 Å². The molecule has 0 amide bonds. The molecule has 2 aliphatic heterocycles. The largest absolute Gasteiger partial charge is 0.497 e. The number of aliphatic hydroxyl groups is 3.